The lowest BCUT2D eigenvalue weighted by atomic mass is 10.0. The van der Waals surface area contributed by atoms with Gasteiger partial charge in [0.25, 0.3) is 15.9 Å². The first-order chi connectivity index (χ1) is 14.9. The summed E-state index contributed by atoms with van der Waals surface area (Å²) in [5.41, 5.74) is 3.31. The van der Waals surface area contributed by atoms with E-state index in [4.69, 9.17) is 0 Å². The number of imidazole rings is 1. The summed E-state index contributed by atoms with van der Waals surface area (Å²) in [6.07, 6.45) is 2.03. The standard InChI is InChI=1S/C24H23N3O3S/c1-3-21(18-7-5-4-6-8-18)26-24(28)19-11-14-23-22(15-19)25-16-27(23)31(29,30)20-12-9-17(2)10-13-20/h4-16,21H,3H2,1-2H3,(H,26,28). The highest BCUT2D eigenvalue weighted by atomic mass is 32.2. The number of aryl methyl sites for hydroxylation is 1. The second-order valence-corrected chi connectivity index (χ2v) is 9.22. The second-order valence-electron chi connectivity index (χ2n) is 7.41. The Hall–Kier alpha value is -3.45. The summed E-state index contributed by atoms with van der Waals surface area (Å²) in [5.74, 6) is -0.228. The Kier molecular flexibility index (Phi) is 5.61. The molecule has 0 bridgehead atoms. The van der Waals surface area contributed by atoms with Gasteiger partial charge in [-0.05, 0) is 49.2 Å². The van der Waals surface area contributed by atoms with Crippen molar-refractivity contribution in [3.63, 3.8) is 0 Å². The minimum absolute atomic E-state index is 0.108. The summed E-state index contributed by atoms with van der Waals surface area (Å²) in [6, 6.07) is 21.2. The minimum Gasteiger partial charge on any atom is -0.345 e. The van der Waals surface area contributed by atoms with E-state index in [1.54, 1.807) is 42.5 Å². The van der Waals surface area contributed by atoms with Crippen molar-refractivity contribution in [3.8, 4) is 0 Å². The van der Waals surface area contributed by atoms with E-state index in [9.17, 15) is 13.2 Å². The molecule has 0 radical (unpaired) electrons. The Morgan fingerprint density at radius 3 is 2.42 bits per heavy atom. The molecule has 1 atom stereocenters. The van der Waals surface area contributed by atoms with Crippen molar-refractivity contribution in [1.82, 2.24) is 14.3 Å². The lowest BCUT2D eigenvalue weighted by Crippen LogP contribution is -2.28. The molecule has 1 amide bonds. The maximum atomic E-state index is 13.0. The number of hydrogen-bond acceptors (Lipinski definition) is 4. The van der Waals surface area contributed by atoms with Crippen molar-refractivity contribution in [2.75, 3.05) is 0 Å². The predicted octanol–water partition coefficient (Wildman–Crippen LogP) is 4.46. The summed E-state index contributed by atoms with van der Waals surface area (Å²) in [7, 11) is -3.78. The van der Waals surface area contributed by atoms with Crippen LogP contribution in [0.2, 0.25) is 0 Å². The average molecular weight is 434 g/mol. The van der Waals surface area contributed by atoms with Crippen LogP contribution in [0.4, 0.5) is 0 Å². The Morgan fingerprint density at radius 1 is 1.03 bits per heavy atom. The maximum absolute atomic E-state index is 13.0. The number of fused-ring (bicyclic) bond motifs is 1. The molecule has 0 saturated heterocycles. The van der Waals surface area contributed by atoms with E-state index in [0.717, 1.165) is 21.5 Å². The van der Waals surface area contributed by atoms with Crippen LogP contribution in [-0.4, -0.2) is 23.3 Å². The number of amides is 1. The van der Waals surface area contributed by atoms with Crippen LogP contribution in [0.15, 0.2) is 84.0 Å². The first kappa shape index (κ1) is 20.8. The second kappa shape index (κ2) is 8.35. The fourth-order valence-electron chi connectivity index (χ4n) is 3.49. The van der Waals surface area contributed by atoms with Gasteiger partial charge in [-0.3, -0.25) is 4.79 Å². The van der Waals surface area contributed by atoms with Crippen molar-refractivity contribution in [1.29, 1.82) is 0 Å². The van der Waals surface area contributed by atoms with Crippen molar-refractivity contribution in [2.45, 2.75) is 31.2 Å². The first-order valence-corrected chi connectivity index (χ1v) is 11.5. The smallest absolute Gasteiger partial charge is 0.269 e. The van der Waals surface area contributed by atoms with Gasteiger partial charge >= 0.3 is 0 Å². The molecular formula is C24H23N3O3S. The number of hydrogen-bond donors (Lipinski definition) is 1. The first-order valence-electron chi connectivity index (χ1n) is 10.1. The third-order valence-corrected chi connectivity index (χ3v) is 6.95. The molecule has 1 heterocycles. The van der Waals surface area contributed by atoms with Crippen LogP contribution < -0.4 is 5.32 Å². The zero-order chi connectivity index (χ0) is 22.0. The molecular weight excluding hydrogens is 410 g/mol. The highest BCUT2D eigenvalue weighted by Crippen LogP contribution is 2.23. The predicted molar refractivity (Wildman–Crippen MR) is 120 cm³/mol. The van der Waals surface area contributed by atoms with Crippen molar-refractivity contribution in [2.24, 2.45) is 0 Å². The summed E-state index contributed by atoms with van der Waals surface area (Å²) >= 11 is 0. The molecule has 4 aromatic rings. The zero-order valence-corrected chi connectivity index (χ0v) is 18.1. The third kappa shape index (κ3) is 4.09. The van der Waals surface area contributed by atoms with E-state index in [2.05, 4.69) is 10.3 Å². The highest BCUT2D eigenvalue weighted by Gasteiger charge is 2.21. The quantitative estimate of drug-likeness (QED) is 0.487. The molecule has 1 aromatic heterocycles. The van der Waals surface area contributed by atoms with Crippen LogP contribution in [0, 0.1) is 6.92 Å². The molecule has 7 heteroatoms. The van der Waals surface area contributed by atoms with Crippen molar-refractivity contribution < 1.29 is 13.2 Å². The molecule has 158 valence electrons. The van der Waals surface area contributed by atoms with E-state index in [-0.39, 0.29) is 16.8 Å². The van der Waals surface area contributed by atoms with Gasteiger partial charge in [-0.25, -0.2) is 17.4 Å². The van der Waals surface area contributed by atoms with Gasteiger partial charge in [0.05, 0.1) is 22.0 Å². The van der Waals surface area contributed by atoms with E-state index < -0.39 is 10.0 Å². The van der Waals surface area contributed by atoms with Crippen LogP contribution in [0.1, 0.15) is 40.9 Å². The average Bonchev–Trinajstić information content (AvgIpc) is 3.22. The Bertz CT molecular complexity index is 1330. The molecule has 6 nitrogen and oxygen atoms in total. The fourth-order valence-corrected chi connectivity index (χ4v) is 4.79. The maximum Gasteiger partial charge on any atom is 0.269 e. The van der Waals surface area contributed by atoms with Gasteiger partial charge in [0.2, 0.25) is 0 Å². The summed E-state index contributed by atoms with van der Waals surface area (Å²) < 4.78 is 27.2. The normalized spacial score (nSPS) is 12.6. The Labute approximate surface area is 181 Å². The van der Waals surface area contributed by atoms with Gasteiger partial charge in [0, 0.05) is 5.56 Å². The molecule has 4 rings (SSSR count). The fraction of sp³-hybridized carbons (Fsp3) is 0.167. The SMILES string of the molecule is CCC(NC(=O)c1ccc2c(c1)ncn2S(=O)(=O)c1ccc(C)cc1)c1ccccc1. The van der Waals surface area contributed by atoms with E-state index >= 15 is 0 Å². The molecule has 0 aliphatic heterocycles. The molecule has 1 N–H and O–H groups in total. The van der Waals surface area contributed by atoms with Gasteiger partial charge in [-0.15, -0.1) is 0 Å². The van der Waals surface area contributed by atoms with Gasteiger partial charge in [-0.1, -0.05) is 55.0 Å². The summed E-state index contributed by atoms with van der Waals surface area (Å²) in [6.45, 7) is 3.91. The molecule has 1 unspecified atom stereocenters. The topological polar surface area (TPSA) is 81.1 Å². The van der Waals surface area contributed by atoms with Crippen LogP contribution in [0.3, 0.4) is 0 Å². The highest BCUT2D eigenvalue weighted by molar-refractivity contribution is 7.90. The number of rotatable bonds is 6. The third-order valence-electron chi connectivity index (χ3n) is 5.27. The summed E-state index contributed by atoms with van der Waals surface area (Å²) in [4.78, 5) is 17.2. The lowest BCUT2D eigenvalue weighted by Gasteiger charge is -2.17. The molecule has 31 heavy (non-hydrogen) atoms. The minimum atomic E-state index is -3.78. The van der Waals surface area contributed by atoms with Gasteiger partial charge in [0.15, 0.2) is 0 Å². The van der Waals surface area contributed by atoms with Crippen LogP contribution >= 0.6 is 0 Å². The largest absolute Gasteiger partial charge is 0.345 e. The Morgan fingerprint density at radius 2 is 1.74 bits per heavy atom. The van der Waals surface area contributed by atoms with Crippen LogP contribution in [0.5, 0.6) is 0 Å². The lowest BCUT2D eigenvalue weighted by molar-refractivity contribution is 0.0935. The molecule has 0 spiro atoms. The van der Waals surface area contributed by atoms with E-state index in [1.807, 2.05) is 44.2 Å². The number of aromatic nitrogens is 2. The summed E-state index contributed by atoms with van der Waals surface area (Å²) in [5, 5.41) is 3.04. The number of benzene rings is 3. The molecule has 3 aromatic carbocycles. The van der Waals surface area contributed by atoms with E-state index in [1.165, 1.54) is 6.33 Å². The van der Waals surface area contributed by atoms with Gasteiger partial charge in [-0.2, -0.15) is 0 Å². The number of nitrogens with zero attached hydrogens (tertiary/aromatic N) is 2. The van der Waals surface area contributed by atoms with Crippen molar-refractivity contribution in [3.05, 3.63) is 95.8 Å². The number of carbonyl (C=O) groups is 1. The molecule has 0 aliphatic rings. The van der Waals surface area contributed by atoms with Crippen LogP contribution in [0.25, 0.3) is 11.0 Å². The van der Waals surface area contributed by atoms with Crippen molar-refractivity contribution >= 4 is 27.0 Å². The number of carbonyl (C=O) groups excluding carboxylic acids is 1. The molecule has 0 saturated carbocycles. The zero-order valence-electron chi connectivity index (χ0n) is 17.3. The molecule has 0 aliphatic carbocycles. The Balaban J connectivity index is 1.63. The monoisotopic (exact) mass is 433 g/mol. The van der Waals surface area contributed by atoms with Crippen LogP contribution in [-0.2, 0) is 10.0 Å². The van der Waals surface area contributed by atoms with Gasteiger partial charge in [0.1, 0.15) is 6.33 Å². The van der Waals surface area contributed by atoms with E-state index in [0.29, 0.717) is 16.6 Å². The molecule has 0 fully saturated rings. The number of nitrogens with one attached hydrogen (secondary N) is 1. The van der Waals surface area contributed by atoms with Gasteiger partial charge < -0.3 is 5.32 Å².